The van der Waals surface area contributed by atoms with Crippen LogP contribution in [-0.4, -0.2) is 79.3 Å². The summed E-state index contributed by atoms with van der Waals surface area (Å²) in [5.74, 6) is 0.329. The molecule has 0 saturated heterocycles. The molecule has 23 heavy (non-hydrogen) atoms. The first-order chi connectivity index (χ1) is 10.8. The molecular formula is C14H25N5O3S. The van der Waals surface area contributed by atoms with Crippen molar-refractivity contribution in [3.8, 4) is 0 Å². The standard InChI is InChI=1S/C14H25N5O3S/c1-4-23(21,22)8-7-18-10-12-5-6-16-19(12)13(11-18)9-15-14(20)17(2)3/h5-6,13H,4,7-11H2,1-3H3,(H,15,20). The van der Waals surface area contributed by atoms with Gasteiger partial charge in [-0.2, -0.15) is 5.10 Å². The lowest BCUT2D eigenvalue weighted by molar-refractivity contribution is 0.176. The molecule has 8 nitrogen and oxygen atoms in total. The SMILES string of the molecule is CCS(=O)(=O)CCN1Cc2ccnn2C(CNC(=O)N(C)C)C1. The van der Waals surface area contributed by atoms with Crippen molar-refractivity contribution in [2.24, 2.45) is 0 Å². The summed E-state index contributed by atoms with van der Waals surface area (Å²) >= 11 is 0. The van der Waals surface area contributed by atoms with E-state index in [1.807, 2.05) is 10.7 Å². The molecule has 0 aromatic carbocycles. The summed E-state index contributed by atoms with van der Waals surface area (Å²) < 4.78 is 25.3. The van der Waals surface area contributed by atoms with Crippen LogP contribution in [0.15, 0.2) is 12.3 Å². The highest BCUT2D eigenvalue weighted by Crippen LogP contribution is 2.19. The Balaban J connectivity index is 2.00. The zero-order valence-electron chi connectivity index (χ0n) is 13.9. The van der Waals surface area contributed by atoms with Crippen LogP contribution in [0.2, 0.25) is 0 Å². The molecule has 1 unspecified atom stereocenters. The number of hydrogen-bond donors (Lipinski definition) is 1. The van der Waals surface area contributed by atoms with Gasteiger partial charge in [0.1, 0.15) is 0 Å². The first-order valence-corrected chi connectivity index (χ1v) is 9.55. The first kappa shape index (κ1) is 17.7. The van der Waals surface area contributed by atoms with Gasteiger partial charge < -0.3 is 10.2 Å². The van der Waals surface area contributed by atoms with E-state index in [1.54, 1.807) is 27.2 Å². The Morgan fingerprint density at radius 3 is 2.87 bits per heavy atom. The highest BCUT2D eigenvalue weighted by molar-refractivity contribution is 7.91. The normalized spacial score (nSPS) is 18.5. The van der Waals surface area contributed by atoms with Gasteiger partial charge in [0.15, 0.2) is 9.84 Å². The summed E-state index contributed by atoms with van der Waals surface area (Å²) in [4.78, 5) is 15.3. The number of nitrogens with zero attached hydrogens (tertiary/aromatic N) is 4. The van der Waals surface area contributed by atoms with Crippen LogP contribution in [0.4, 0.5) is 4.79 Å². The second-order valence-electron chi connectivity index (χ2n) is 5.97. The molecule has 1 atom stereocenters. The Hall–Kier alpha value is -1.61. The van der Waals surface area contributed by atoms with E-state index in [1.165, 1.54) is 4.90 Å². The summed E-state index contributed by atoms with van der Waals surface area (Å²) in [6, 6.07) is 1.78. The lowest BCUT2D eigenvalue weighted by atomic mass is 10.2. The van der Waals surface area contributed by atoms with E-state index < -0.39 is 9.84 Å². The maximum atomic E-state index is 11.7. The van der Waals surface area contributed by atoms with E-state index in [-0.39, 0.29) is 23.6 Å². The van der Waals surface area contributed by atoms with Gasteiger partial charge in [-0.15, -0.1) is 0 Å². The van der Waals surface area contributed by atoms with Gasteiger partial charge in [0.2, 0.25) is 0 Å². The van der Waals surface area contributed by atoms with E-state index in [0.29, 0.717) is 26.2 Å². The van der Waals surface area contributed by atoms with Crippen molar-refractivity contribution in [2.75, 3.05) is 45.2 Å². The Labute approximate surface area is 137 Å². The molecule has 0 fully saturated rings. The maximum absolute atomic E-state index is 11.7. The Kier molecular flexibility index (Phi) is 5.64. The third kappa shape index (κ3) is 4.68. The van der Waals surface area contributed by atoms with Gasteiger partial charge in [-0.3, -0.25) is 9.58 Å². The molecule has 1 aromatic heterocycles. The summed E-state index contributed by atoms with van der Waals surface area (Å²) in [5, 5.41) is 7.20. The molecule has 130 valence electrons. The van der Waals surface area contributed by atoms with Crippen LogP contribution in [0.5, 0.6) is 0 Å². The van der Waals surface area contributed by atoms with E-state index in [2.05, 4.69) is 15.3 Å². The smallest absolute Gasteiger partial charge is 0.316 e. The summed E-state index contributed by atoms with van der Waals surface area (Å²) in [5.41, 5.74) is 1.04. The largest absolute Gasteiger partial charge is 0.336 e. The van der Waals surface area contributed by atoms with Gasteiger partial charge >= 0.3 is 6.03 Å². The molecular weight excluding hydrogens is 318 g/mol. The van der Waals surface area contributed by atoms with Crippen LogP contribution < -0.4 is 5.32 Å². The molecule has 1 N–H and O–H groups in total. The maximum Gasteiger partial charge on any atom is 0.316 e. The minimum atomic E-state index is -2.98. The minimum absolute atomic E-state index is 0.00183. The van der Waals surface area contributed by atoms with Gasteiger partial charge in [0, 0.05) is 52.2 Å². The van der Waals surface area contributed by atoms with Crippen molar-refractivity contribution < 1.29 is 13.2 Å². The molecule has 1 aromatic rings. The molecule has 0 aliphatic carbocycles. The average Bonchev–Trinajstić information content (AvgIpc) is 2.98. The van der Waals surface area contributed by atoms with Crippen molar-refractivity contribution in [3.63, 3.8) is 0 Å². The number of rotatable bonds is 6. The van der Waals surface area contributed by atoms with E-state index in [0.717, 1.165) is 5.69 Å². The first-order valence-electron chi connectivity index (χ1n) is 7.72. The number of hydrogen-bond acceptors (Lipinski definition) is 5. The third-order valence-corrected chi connectivity index (χ3v) is 5.69. The number of amides is 2. The van der Waals surface area contributed by atoms with Gasteiger partial charge in [-0.25, -0.2) is 13.2 Å². The lowest BCUT2D eigenvalue weighted by Gasteiger charge is -2.34. The van der Waals surface area contributed by atoms with Crippen LogP contribution in [0.25, 0.3) is 0 Å². The van der Waals surface area contributed by atoms with E-state index in [4.69, 9.17) is 0 Å². The Morgan fingerprint density at radius 1 is 1.48 bits per heavy atom. The number of urea groups is 1. The number of nitrogens with one attached hydrogen (secondary N) is 1. The summed E-state index contributed by atoms with van der Waals surface area (Å²) in [6.45, 7) is 3.97. The Morgan fingerprint density at radius 2 is 2.22 bits per heavy atom. The van der Waals surface area contributed by atoms with Crippen molar-refractivity contribution in [1.29, 1.82) is 0 Å². The molecule has 0 radical (unpaired) electrons. The second kappa shape index (κ2) is 7.31. The van der Waals surface area contributed by atoms with Crippen molar-refractivity contribution in [3.05, 3.63) is 18.0 Å². The van der Waals surface area contributed by atoms with Crippen LogP contribution in [-0.2, 0) is 16.4 Å². The van der Waals surface area contributed by atoms with Gasteiger partial charge in [-0.1, -0.05) is 6.92 Å². The molecule has 0 saturated carbocycles. The third-order valence-electron chi connectivity index (χ3n) is 4.01. The van der Waals surface area contributed by atoms with Gasteiger partial charge in [0.25, 0.3) is 0 Å². The fourth-order valence-corrected chi connectivity index (χ4v) is 3.39. The highest BCUT2D eigenvalue weighted by Gasteiger charge is 2.26. The predicted octanol–water partition coefficient (Wildman–Crippen LogP) is -0.0543. The highest BCUT2D eigenvalue weighted by atomic mass is 32.2. The fourth-order valence-electron chi connectivity index (χ4n) is 2.56. The van der Waals surface area contributed by atoms with Crippen LogP contribution in [0, 0.1) is 0 Å². The fraction of sp³-hybridized carbons (Fsp3) is 0.714. The van der Waals surface area contributed by atoms with Gasteiger partial charge in [0.05, 0.1) is 17.5 Å². The number of aromatic nitrogens is 2. The number of fused-ring (bicyclic) bond motifs is 1. The van der Waals surface area contributed by atoms with Crippen molar-refractivity contribution in [1.82, 2.24) is 24.9 Å². The van der Waals surface area contributed by atoms with Crippen molar-refractivity contribution in [2.45, 2.75) is 19.5 Å². The predicted molar refractivity (Wildman–Crippen MR) is 88.0 cm³/mol. The molecule has 9 heteroatoms. The van der Waals surface area contributed by atoms with Crippen LogP contribution in [0.3, 0.4) is 0 Å². The Bertz CT molecular complexity index is 641. The zero-order chi connectivity index (χ0) is 17.0. The zero-order valence-corrected chi connectivity index (χ0v) is 14.7. The van der Waals surface area contributed by atoms with Crippen LogP contribution in [0.1, 0.15) is 18.7 Å². The number of sulfone groups is 1. The minimum Gasteiger partial charge on any atom is -0.336 e. The molecule has 2 heterocycles. The van der Waals surface area contributed by atoms with Crippen LogP contribution >= 0.6 is 0 Å². The molecule has 2 amide bonds. The quantitative estimate of drug-likeness (QED) is 0.782. The molecule has 0 bridgehead atoms. The average molecular weight is 343 g/mol. The van der Waals surface area contributed by atoms with E-state index >= 15 is 0 Å². The summed E-state index contributed by atoms with van der Waals surface area (Å²) in [6.07, 6.45) is 1.74. The lowest BCUT2D eigenvalue weighted by Crippen LogP contribution is -2.45. The number of carbonyl (C=O) groups excluding carboxylic acids is 1. The van der Waals surface area contributed by atoms with E-state index in [9.17, 15) is 13.2 Å². The molecule has 2 rings (SSSR count). The molecule has 0 spiro atoms. The van der Waals surface area contributed by atoms with Gasteiger partial charge in [-0.05, 0) is 6.07 Å². The molecule has 1 aliphatic heterocycles. The monoisotopic (exact) mass is 343 g/mol. The molecule has 1 aliphatic rings. The number of carbonyl (C=O) groups is 1. The summed E-state index contributed by atoms with van der Waals surface area (Å²) in [7, 11) is 0.406. The topological polar surface area (TPSA) is 87.5 Å². The second-order valence-corrected chi connectivity index (χ2v) is 8.45. The van der Waals surface area contributed by atoms with Crippen molar-refractivity contribution >= 4 is 15.9 Å².